The van der Waals surface area contributed by atoms with Gasteiger partial charge in [-0.2, -0.15) is 0 Å². The van der Waals surface area contributed by atoms with Crippen LogP contribution in [0.25, 0.3) is 0 Å². The highest BCUT2D eigenvalue weighted by atomic mass is 35.5. The summed E-state index contributed by atoms with van der Waals surface area (Å²) in [4.78, 5) is 12.2. The van der Waals surface area contributed by atoms with Crippen molar-refractivity contribution in [2.24, 2.45) is 17.8 Å². The Kier molecular flexibility index (Phi) is 7.34. The average Bonchev–Trinajstić information content (AvgIpc) is 2.69. The van der Waals surface area contributed by atoms with Gasteiger partial charge < -0.3 is 4.74 Å². The molecule has 2 saturated carbocycles. The zero-order chi connectivity index (χ0) is 19.2. The van der Waals surface area contributed by atoms with Gasteiger partial charge in [0.1, 0.15) is 11.9 Å². The molecule has 0 aliphatic heterocycles. The minimum absolute atomic E-state index is 0.0197. The molecule has 3 rings (SSSR count). The van der Waals surface area contributed by atoms with E-state index in [2.05, 4.69) is 6.58 Å². The van der Waals surface area contributed by atoms with E-state index in [4.69, 9.17) is 16.3 Å². The first-order valence-corrected chi connectivity index (χ1v) is 10.7. The molecular formula is C23H30ClFO2. The van der Waals surface area contributed by atoms with Crippen LogP contribution in [0.2, 0.25) is 5.02 Å². The molecule has 0 atom stereocenters. The van der Waals surface area contributed by atoms with Crippen LogP contribution in [0.1, 0.15) is 74.6 Å². The van der Waals surface area contributed by atoms with Crippen molar-refractivity contribution in [3.63, 3.8) is 0 Å². The topological polar surface area (TPSA) is 26.3 Å². The van der Waals surface area contributed by atoms with E-state index in [1.807, 2.05) is 6.08 Å². The Bertz CT molecular complexity index is 644. The molecule has 0 spiro atoms. The maximum Gasteiger partial charge on any atom is 0.338 e. The summed E-state index contributed by atoms with van der Waals surface area (Å²) in [5.41, 5.74) is 0.233. The largest absolute Gasteiger partial charge is 0.459 e. The predicted molar refractivity (Wildman–Crippen MR) is 107 cm³/mol. The molecule has 27 heavy (non-hydrogen) atoms. The number of allylic oxidation sites excluding steroid dienone is 1. The number of carbonyl (C=O) groups is 1. The molecule has 148 valence electrons. The molecule has 4 heteroatoms. The van der Waals surface area contributed by atoms with Gasteiger partial charge in [0.2, 0.25) is 0 Å². The van der Waals surface area contributed by atoms with Crippen molar-refractivity contribution >= 4 is 17.6 Å². The lowest BCUT2D eigenvalue weighted by atomic mass is 9.70. The Labute approximate surface area is 167 Å². The Morgan fingerprint density at radius 2 is 1.74 bits per heavy atom. The standard InChI is InChI=1S/C23H30ClFO2/c1-2-3-4-16-5-7-17(8-6-16)18-9-12-20(13-10-18)27-23(26)19-11-14-21(24)22(25)15-19/h2,11,14-18,20H,1,3-10,12-13H2/t16-,17-,18-,20-. The van der Waals surface area contributed by atoms with E-state index in [9.17, 15) is 9.18 Å². The lowest BCUT2D eigenvalue weighted by molar-refractivity contribution is 0.0109. The summed E-state index contributed by atoms with van der Waals surface area (Å²) in [6, 6.07) is 4.07. The molecular weight excluding hydrogens is 363 g/mol. The molecule has 0 bridgehead atoms. The number of carbonyl (C=O) groups excluding carboxylic acids is 1. The second kappa shape index (κ2) is 9.73. The highest BCUT2D eigenvalue weighted by Crippen LogP contribution is 2.41. The van der Waals surface area contributed by atoms with Crippen LogP contribution in [0.15, 0.2) is 30.9 Å². The third kappa shape index (κ3) is 5.57. The molecule has 2 fully saturated rings. The van der Waals surface area contributed by atoms with Crippen molar-refractivity contribution in [2.45, 2.75) is 70.3 Å². The number of esters is 1. The van der Waals surface area contributed by atoms with Gasteiger partial charge in [0.15, 0.2) is 0 Å². The minimum Gasteiger partial charge on any atom is -0.459 e. The lowest BCUT2D eigenvalue weighted by Crippen LogP contribution is -2.29. The Morgan fingerprint density at radius 1 is 1.11 bits per heavy atom. The van der Waals surface area contributed by atoms with Crippen molar-refractivity contribution in [3.8, 4) is 0 Å². The molecule has 2 nitrogen and oxygen atoms in total. The molecule has 2 aliphatic rings. The second-order valence-electron chi connectivity index (χ2n) is 8.22. The molecule has 0 saturated heterocycles. The SMILES string of the molecule is C=CCC[C@H]1CC[C@H]([C@H]2CC[C@H](OC(=O)c3ccc(Cl)c(F)c3)CC2)CC1. The summed E-state index contributed by atoms with van der Waals surface area (Å²) in [6.45, 7) is 3.83. The minimum atomic E-state index is -0.585. The molecule has 0 amide bonds. The molecule has 0 radical (unpaired) electrons. The van der Waals surface area contributed by atoms with Crippen molar-refractivity contribution in [2.75, 3.05) is 0 Å². The van der Waals surface area contributed by atoms with Crippen LogP contribution in [0.5, 0.6) is 0 Å². The quantitative estimate of drug-likeness (QED) is 0.386. The van der Waals surface area contributed by atoms with E-state index in [0.29, 0.717) is 0 Å². The summed E-state index contributed by atoms with van der Waals surface area (Å²) in [6.07, 6.45) is 13.9. The summed E-state index contributed by atoms with van der Waals surface area (Å²) < 4.78 is 19.1. The lowest BCUT2D eigenvalue weighted by Gasteiger charge is -2.37. The summed E-state index contributed by atoms with van der Waals surface area (Å²) >= 11 is 5.67. The highest BCUT2D eigenvalue weighted by molar-refractivity contribution is 6.30. The van der Waals surface area contributed by atoms with Crippen LogP contribution in [0, 0.1) is 23.6 Å². The summed E-state index contributed by atoms with van der Waals surface area (Å²) in [5, 5.41) is 0.0197. The van der Waals surface area contributed by atoms with E-state index in [-0.39, 0.29) is 16.7 Å². The van der Waals surface area contributed by atoms with Crippen molar-refractivity contribution in [1.29, 1.82) is 0 Å². The normalized spacial score (nSPS) is 28.5. The third-order valence-corrected chi connectivity index (χ3v) is 6.79. The number of rotatable bonds is 6. The van der Waals surface area contributed by atoms with E-state index in [1.165, 1.54) is 44.2 Å². The molecule has 1 aromatic rings. The van der Waals surface area contributed by atoms with E-state index >= 15 is 0 Å². The van der Waals surface area contributed by atoms with E-state index in [0.717, 1.165) is 55.9 Å². The third-order valence-electron chi connectivity index (χ3n) is 6.48. The van der Waals surface area contributed by atoms with E-state index in [1.54, 1.807) is 0 Å². The van der Waals surface area contributed by atoms with Gasteiger partial charge in [-0.05, 0) is 87.3 Å². The Morgan fingerprint density at radius 3 is 2.33 bits per heavy atom. The summed E-state index contributed by atoms with van der Waals surface area (Å²) in [5.74, 6) is 1.46. The first-order valence-electron chi connectivity index (χ1n) is 10.3. The van der Waals surface area contributed by atoms with Crippen LogP contribution in [-0.2, 0) is 4.74 Å². The summed E-state index contributed by atoms with van der Waals surface area (Å²) in [7, 11) is 0. The highest BCUT2D eigenvalue weighted by Gasteiger charge is 2.32. The monoisotopic (exact) mass is 392 g/mol. The molecule has 0 N–H and O–H groups in total. The number of benzene rings is 1. The van der Waals surface area contributed by atoms with Crippen molar-refractivity contribution in [3.05, 3.63) is 47.3 Å². The van der Waals surface area contributed by atoms with Crippen LogP contribution in [0.3, 0.4) is 0 Å². The molecule has 0 unspecified atom stereocenters. The van der Waals surface area contributed by atoms with E-state index < -0.39 is 11.8 Å². The fourth-order valence-corrected chi connectivity index (χ4v) is 4.94. The Hall–Kier alpha value is -1.35. The van der Waals surface area contributed by atoms with Crippen LogP contribution in [-0.4, -0.2) is 12.1 Å². The van der Waals surface area contributed by atoms with Crippen molar-refractivity contribution in [1.82, 2.24) is 0 Å². The number of ether oxygens (including phenoxy) is 1. The fourth-order valence-electron chi connectivity index (χ4n) is 4.82. The average molecular weight is 393 g/mol. The Balaban J connectivity index is 1.42. The first kappa shape index (κ1) is 20.4. The van der Waals surface area contributed by atoms with Crippen LogP contribution in [0.4, 0.5) is 4.39 Å². The maximum absolute atomic E-state index is 13.5. The predicted octanol–water partition coefficient (Wildman–Crippen LogP) is 6.97. The second-order valence-corrected chi connectivity index (χ2v) is 8.63. The van der Waals surface area contributed by atoms with Gasteiger partial charge >= 0.3 is 5.97 Å². The molecule has 0 heterocycles. The number of hydrogen-bond donors (Lipinski definition) is 0. The van der Waals surface area contributed by atoms with Crippen LogP contribution < -0.4 is 0 Å². The number of halogens is 2. The first-order chi connectivity index (χ1) is 13.1. The smallest absolute Gasteiger partial charge is 0.338 e. The maximum atomic E-state index is 13.5. The number of hydrogen-bond acceptors (Lipinski definition) is 2. The molecule has 2 aliphatic carbocycles. The molecule has 0 aromatic heterocycles. The van der Waals surface area contributed by atoms with Crippen LogP contribution >= 0.6 is 11.6 Å². The van der Waals surface area contributed by atoms with Gasteiger partial charge in [0.05, 0.1) is 10.6 Å². The van der Waals surface area contributed by atoms with Gasteiger partial charge in [-0.1, -0.05) is 30.5 Å². The van der Waals surface area contributed by atoms with Crippen molar-refractivity contribution < 1.29 is 13.9 Å². The van der Waals surface area contributed by atoms with Gasteiger partial charge in [-0.15, -0.1) is 6.58 Å². The molecule has 1 aromatic carbocycles. The zero-order valence-corrected chi connectivity index (χ0v) is 16.7. The van der Waals surface area contributed by atoms with Gasteiger partial charge in [-0.25, -0.2) is 9.18 Å². The van der Waals surface area contributed by atoms with Gasteiger partial charge in [0.25, 0.3) is 0 Å². The fraction of sp³-hybridized carbons (Fsp3) is 0.609. The van der Waals surface area contributed by atoms with Gasteiger partial charge in [-0.3, -0.25) is 0 Å². The zero-order valence-electron chi connectivity index (χ0n) is 16.0. The van der Waals surface area contributed by atoms with Gasteiger partial charge in [0, 0.05) is 0 Å².